The van der Waals surface area contributed by atoms with Crippen LogP contribution in [0.1, 0.15) is 129 Å². The van der Waals surface area contributed by atoms with Gasteiger partial charge >= 0.3 is 0 Å². The van der Waals surface area contributed by atoms with Gasteiger partial charge in [-0.15, -0.1) is 0 Å². The molecule has 6 nitrogen and oxygen atoms in total. The minimum Gasteiger partial charge on any atom is -0.390 e. The summed E-state index contributed by atoms with van der Waals surface area (Å²) in [5.74, 6) is -0.574. The Kier molecular flexibility index (Phi) is 18.2. The largest absolute Gasteiger partial charge is 0.390 e. The molecule has 7 heteroatoms. The lowest BCUT2D eigenvalue weighted by atomic mass is 9.89. The van der Waals surface area contributed by atoms with Crippen molar-refractivity contribution in [2.75, 3.05) is 5.75 Å². The quantitative estimate of drug-likeness (QED) is 0.1000. The summed E-state index contributed by atoms with van der Waals surface area (Å²) in [7, 11) is -4.18. The summed E-state index contributed by atoms with van der Waals surface area (Å²) in [4.78, 5) is 0. The van der Waals surface area contributed by atoms with Crippen LogP contribution in [0.2, 0.25) is 0 Å². The van der Waals surface area contributed by atoms with Crippen molar-refractivity contribution >= 4 is 10.1 Å². The molecular weight excluding hydrogens is 404 g/mol. The van der Waals surface area contributed by atoms with E-state index >= 15 is 0 Å². The van der Waals surface area contributed by atoms with E-state index < -0.39 is 27.8 Å². The highest BCUT2D eigenvalue weighted by Crippen LogP contribution is 2.25. The van der Waals surface area contributed by atoms with Gasteiger partial charge in [0.25, 0.3) is 10.1 Å². The van der Waals surface area contributed by atoms with Crippen LogP contribution in [0.3, 0.4) is 0 Å². The SMILES string of the molecule is CCCCCCCCCCCCCCCCCCC(O)(CCS(=O)(=O)O)CC(O)O. The van der Waals surface area contributed by atoms with Gasteiger partial charge in [0.2, 0.25) is 0 Å². The predicted octanol–water partition coefficient (Wildman–Crippen LogP) is 5.35. The van der Waals surface area contributed by atoms with Crippen molar-refractivity contribution in [3.63, 3.8) is 0 Å². The van der Waals surface area contributed by atoms with E-state index in [2.05, 4.69) is 6.92 Å². The molecule has 1 unspecified atom stereocenters. The monoisotopic (exact) mass is 452 g/mol. The lowest BCUT2D eigenvalue weighted by molar-refractivity contribution is -0.107. The molecule has 0 radical (unpaired) electrons. The summed E-state index contributed by atoms with van der Waals surface area (Å²) >= 11 is 0. The van der Waals surface area contributed by atoms with E-state index in [4.69, 9.17) is 14.8 Å². The normalized spacial score (nSPS) is 14.3. The molecule has 0 amide bonds. The predicted molar refractivity (Wildman–Crippen MR) is 123 cm³/mol. The Balaban J connectivity index is 3.61. The maximum Gasteiger partial charge on any atom is 0.264 e. The minimum absolute atomic E-state index is 0.192. The van der Waals surface area contributed by atoms with Gasteiger partial charge in [0.05, 0.1) is 11.4 Å². The highest BCUT2D eigenvalue weighted by Gasteiger charge is 2.30. The maximum atomic E-state index is 10.9. The second kappa shape index (κ2) is 18.4. The third-order valence-electron chi connectivity index (χ3n) is 5.88. The highest BCUT2D eigenvalue weighted by molar-refractivity contribution is 7.85. The Labute approximate surface area is 185 Å². The lowest BCUT2D eigenvalue weighted by Gasteiger charge is -2.28. The summed E-state index contributed by atoms with van der Waals surface area (Å²) in [5.41, 5.74) is -1.47. The van der Waals surface area contributed by atoms with E-state index in [1.54, 1.807) is 0 Å². The van der Waals surface area contributed by atoms with E-state index in [0.29, 0.717) is 12.8 Å². The number of aliphatic hydroxyl groups is 3. The average molecular weight is 453 g/mol. The molecule has 0 aromatic rings. The van der Waals surface area contributed by atoms with Crippen LogP contribution in [0.4, 0.5) is 0 Å². The number of hydrogen-bond acceptors (Lipinski definition) is 5. The first-order valence-electron chi connectivity index (χ1n) is 12.2. The van der Waals surface area contributed by atoms with Gasteiger partial charge in [-0.1, -0.05) is 110 Å². The van der Waals surface area contributed by atoms with Crippen LogP contribution in [-0.4, -0.2) is 45.9 Å². The number of aliphatic hydroxyl groups excluding tert-OH is 1. The molecule has 0 saturated heterocycles. The molecule has 0 aliphatic rings. The van der Waals surface area contributed by atoms with E-state index in [-0.39, 0.29) is 12.8 Å². The Morgan fingerprint density at radius 3 is 1.37 bits per heavy atom. The van der Waals surface area contributed by atoms with Gasteiger partial charge in [-0.2, -0.15) is 8.42 Å². The molecule has 0 aromatic heterocycles. The Bertz CT molecular complexity index is 480. The molecule has 182 valence electrons. The van der Waals surface area contributed by atoms with Crippen molar-refractivity contribution in [2.24, 2.45) is 0 Å². The Hall–Kier alpha value is -0.210. The van der Waals surface area contributed by atoms with E-state index in [1.807, 2.05) is 0 Å². The second-order valence-electron chi connectivity index (χ2n) is 9.00. The fourth-order valence-corrected chi connectivity index (χ4v) is 4.63. The van der Waals surface area contributed by atoms with Gasteiger partial charge in [-0.05, 0) is 12.8 Å². The molecule has 0 bridgehead atoms. The molecule has 4 N–H and O–H groups in total. The molecular formula is C23H48O6S. The van der Waals surface area contributed by atoms with E-state index in [9.17, 15) is 13.5 Å². The van der Waals surface area contributed by atoms with Crippen LogP contribution in [0.25, 0.3) is 0 Å². The zero-order valence-electron chi connectivity index (χ0n) is 19.2. The smallest absolute Gasteiger partial charge is 0.264 e. The first-order valence-corrected chi connectivity index (χ1v) is 13.8. The van der Waals surface area contributed by atoms with E-state index in [1.165, 1.54) is 77.0 Å². The number of unbranched alkanes of at least 4 members (excludes halogenated alkanes) is 15. The highest BCUT2D eigenvalue weighted by atomic mass is 32.2. The van der Waals surface area contributed by atoms with Crippen molar-refractivity contribution < 1.29 is 28.3 Å². The fourth-order valence-electron chi connectivity index (χ4n) is 3.99. The van der Waals surface area contributed by atoms with Crippen LogP contribution in [0, 0.1) is 0 Å². The third-order valence-corrected chi connectivity index (χ3v) is 6.60. The molecule has 0 saturated carbocycles. The standard InChI is InChI=1S/C23H48O6S/c1-2-3-4-5-6-7-8-9-10-11-12-13-14-15-16-17-18-23(26,21-22(24)25)19-20-30(27,28)29/h22,24-26H,2-21H2,1H3,(H,27,28,29). The summed E-state index contributed by atoms with van der Waals surface area (Å²) in [6.07, 6.45) is 18.1. The summed E-state index contributed by atoms with van der Waals surface area (Å²) in [5, 5.41) is 28.7. The molecule has 0 rings (SSSR count). The Morgan fingerprint density at radius 2 is 1.03 bits per heavy atom. The topological polar surface area (TPSA) is 115 Å². The summed E-state index contributed by atoms with van der Waals surface area (Å²) in [6.45, 7) is 2.25. The zero-order chi connectivity index (χ0) is 22.7. The van der Waals surface area contributed by atoms with Crippen LogP contribution in [0.5, 0.6) is 0 Å². The fraction of sp³-hybridized carbons (Fsp3) is 1.00. The van der Waals surface area contributed by atoms with Crippen molar-refractivity contribution in [1.82, 2.24) is 0 Å². The second-order valence-corrected chi connectivity index (χ2v) is 10.6. The summed E-state index contributed by atoms with van der Waals surface area (Å²) < 4.78 is 30.7. The number of rotatable bonds is 22. The minimum atomic E-state index is -4.18. The van der Waals surface area contributed by atoms with Gasteiger partial charge in [0.1, 0.15) is 0 Å². The maximum absolute atomic E-state index is 10.9. The van der Waals surface area contributed by atoms with Gasteiger partial charge in [-0.25, -0.2) is 0 Å². The van der Waals surface area contributed by atoms with Gasteiger partial charge < -0.3 is 15.3 Å². The molecule has 0 fully saturated rings. The van der Waals surface area contributed by atoms with Crippen LogP contribution < -0.4 is 0 Å². The third kappa shape index (κ3) is 21.0. The van der Waals surface area contributed by atoms with E-state index in [0.717, 1.165) is 19.3 Å². The first-order chi connectivity index (χ1) is 14.2. The molecule has 0 heterocycles. The van der Waals surface area contributed by atoms with Gasteiger partial charge in [0.15, 0.2) is 6.29 Å². The molecule has 0 aliphatic heterocycles. The van der Waals surface area contributed by atoms with Crippen molar-refractivity contribution in [3.8, 4) is 0 Å². The molecule has 1 atom stereocenters. The Morgan fingerprint density at radius 1 is 0.667 bits per heavy atom. The molecule has 0 aliphatic carbocycles. The molecule has 0 aromatic carbocycles. The van der Waals surface area contributed by atoms with Crippen molar-refractivity contribution in [1.29, 1.82) is 0 Å². The average Bonchev–Trinajstić information content (AvgIpc) is 2.65. The van der Waals surface area contributed by atoms with Gasteiger partial charge in [-0.3, -0.25) is 4.55 Å². The molecule has 0 spiro atoms. The lowest BCUT2D eigenvalue weighted by Crippen LogP contribution is -2.35. The zero-order valence-corrected chi connectivity index (χ0v) is 20.0. The summed E-state index contributed by atoms with van der Waals surface area (Å²) in [6, 6.07) is 0. The first kappa shape index (κ1) is 29.8. The van der Waals surface area contributed by atoms with Crippen LogP contribution in [0.15, 0.2) is 0 Å². The van der Waals surface area contributed by atoms with Crippen LogP contribution >= 0.6 is 0 Å². The van der Waals surface area contributed by atoms with Crippen LogP contribution in [-0.2, 0) is 10.1 Å². The molecule has 30 heavy (non-hydrogen) atoms. The van der Waals surface area contributed by atoms with Crippen molar-refractivity contribution in [3.05, 3.63) is 0 Å². The van der Waals surface area contributed by atoms with Gasteiger partial charge in [0, 0.05) is 6.42 Å². The number of hydrogen-bond donors (Lipinski definition) is 4. The van der Waals surface area contributed by atoms with Crippen molar-refractivity contribution in [2.45, 2.75) is 141 Å².